The van der Waals surface area contributed by atoms with Crippen LogP contribution in [0.15, 0.2) is 12.7 Å². The minimum Gasteiger partial charge on any atom is -1.00 e. The zero-order valence-electron chi connectivity index (χ0n) is 5.45. The molecule has 6 heteroatoms. The first-order valence-electron chi connectivity index (χ1n) is 2.77. The normalized spacial score (nSPS) is 9.45. The number of H-pyrrole nitrogens is 1. The van der Waals surface area contributed by atoms with Crippen molar-refractivity contribution in [1.82, 2.24) is 19.9 Å². The van der Waals surface area contributed by atoms with Gasteiger partial charge in [-0.25, -0.2) is 15.0 Å². The lowest BCUT2D eigenvalue weighted by Crippen LogP contribution is -3.00. The number of halogens is 1. The number of fused-ring (bicyclic) bond motifs is 1. The highest BCUT2D eigenvalue weighted by molar-refractivity contribution is 5.80. The average Bonchev–Trinajstić information content (AvgIpc) is 2.36. The molecule has 5 nitrogen and oxygen atoms in total. The first kappa shape index (κ1) is 7.74. The first-order chi connectivity index (χ1) is 4.88. The van der Waals surface area contributed by atoms with E-state index in [4.69, 9.17) is 5.73 Å². The highest BCUT2D eigenvalue weighted by Gasteiger charge is 1.99. The molecule has 11 heavy (non-hydrogen) atoms. The van der Waals surface area contributed by atoms with Crippen molar-refractivity contribution in [3.05, 3.63) is 12.7 Å². The standard InChI is InChI=1S/C5H5N5.ClH/c6-4-3-5(9-1-7-3)10-2-8-4;/h1-2H,(H3,6,7,8,9,10);1H/p-1. The molecule has 2 aromatic heterocycles. The van der Waals surface area contributed by atoms with E-state index < -0.39 is 0 Å². The largest absolute Gasteiger partial charge is 1.00 e. The van der Waals surface area contributed by atoms with Crippen molar-refractivity contribution in [3.8, 4) is 0 Å². The number of aromatic nitrogens is 4. The number of nitrogens with two attached hydrogens (primary N) is 1. The molecule has 0 amide bonds. The molecular weight excluding hydrogens is 166 g/mol. The third-order valence-corrected chi connectivity index (χ3v) is 1.25. The van der Waals surface area contributed by atoms with Crippen molar-refractivity contribution in [1.29, 1.82) is 0 Å². The van der Waals surface area contributed by atoms with E-state index in [1.807, 2.05) is 0 Å². The van der Waals surface area contributed by atoms with Gasteiger partial charge in [0.1, 0.15) is 11.8 Å². The van der Waals surface area contributed by atoms with Crippen LogP contribution in [-0.2, 0) is 0 Å². The minimum absolute atomic E-state index is 0. The fourth-order valence-electron chi connectivity index (χ4n) is 0.784. The lowest BCUT2D eigenvalue weighted by Gasteiger charge is -1.89. The Balaban J connectivity index is 0.000000605. The highest BCUT2D eigenvalue weighted by atomic mass is 35.5. The number of aromatic amines is 1. The molecule has 2 heterocycles. The molecule has 0 saturated carbocycles. The quantitative estimate of drug-likeness (QED) is 0.440. The summed E-state index contributed by atoms with van der Waals surface area (Å²) in [5.74, 6) is 0.433. The van der Waals surface area contributed by atoms with Gasteiger partial charge < -0.3 is 23.1 Å². The van der Waals surface area contributed by atoms with E-state index in [1.165, 1.54) is 12.7 Å². The monoisotopic (exact) mass is 170 g/mol. The Morgan fingerprint density at radius 1 is 1.27 bits per heavy atom. The average molecular weight is 171 g/mol. The lowest BCUT2D eigenvalue weighted by molar-refractivity contribution is -0.00000234. The Morgan fingerprint density at radius 3 is 2.82 bits per heavy atom. The number of nitrogens with zero attached hydrogens (tertiary/aromatic N) is 3. The van der Waals surface area contributed by atoms with Crippen LogP contribution in [0, 0.1) is 0 Å². The zero-order chi connectivity index (χ0) is 6.97. The van der Waals surface area contributed by atoms with Crippen LogP contribution in [-0.4, -0.2) is 19.9 Å². The summed E-state index contributed by atoms with van der Waals surface area (Å²) in [6.07, 6.45) is 2.92. The highest BCUT2D eigenvalue weighted by Crippen LogP contribution is 2.09. The number of nitrogen functional groups attached to an aromatic ring is 1. The Hall–Kier alpha value is -1.36. The van der Waals surface area contributed by atoms with Gasteiger partial charge in [-0.1, -0.05) is 0 Å². The van der Waals surface area contributed by atoms with E-state index in [9.17, 15) is 0 Å². The Morgan fingerprint density at radius 2 is 2.09 bits per heavy atom. The number of rotatable bonds is 0. The summed E-state index contributed by atoms with van der Waals surface area (Å²) >= 11 is 0. The van der Waals surface area contributed by atoms with Gasteiger partial charge in [-0.15, -0.1) is 0 Å². The topological polar surface area (TPSA) is 80.5 Å². The summed E-state index contributed by atoms with van der Waals surface area (Å²) in [4.78, 5) is 14.4. The summed E-state index contributed by atoms with van der Waals surface area (Å²) in [5.41, 5.74) is 6.78. The van der Waals surface area contributed by atoms with Gasteiger partial charge in [0.15, 0.2) is 11.5 Å². The fraction of sp³-hybridized carbons (Fsp3) is 0. The van der Waals surface area contributed by atoms with Gasteiger partial charge in [0.25, 0.3) is 0 Å². The lowest BCUT2D eigenvalue weighted by atomic mass is 10.5. The van der Waals surface area contributed by atoms with E-state index in [-0.39, 0.29) is 12.4 Å². The van der Waals surface area contributed by atoms with Gasteiger partial charge in [-0.2, -0.15) is 0 Å². The SMILES string of the molecule is Nc1ncnc2nc[nH]c12.[Cl-]. The van der Waals surface area contributed by atoms with Crippen LogP contribution in [0.1, 0.15) is 0 Å². The third kappa shape index (κ3) is 1.10. The predicted molar refractivity (Wildman–Crippen MR) is 36.1 cm³/mol. The van der Waals surface area contributed by atoms with Crippen LogP contribution < -0.4 is 18.1 Å². The molecule has 0 aromatic carbocycles. The number of hydrogen-bond donors (Lipinski definition) is 2. The molecule has 3 N–H and O–H groups in total. The molecule has 0 unspecified atom stereocenters. The van der Waals surface area contributed by atoms with Crippen LogP contribution in [0.25, 0.3) is 11.2 Å². The Labute approximate surface area is 68.5 Å². The molecule has 0 saturated heterocycles. The molecular formula is C5H5ClN5-. The van der Waals surface area contributed by atoms with Gasteiger partial charge in [0.05, 0.1) is 6.33 Å². The second kappa shape index (κ2) is 2.71. The van der Waals surface area contributed by atoms with E-state index in [0.717, 1.165) is 0 Å². The maximum atomic E-state index is 5.48. The summed E-state index contributed by atoms with van der Waals surface area (Å²) in [7, 11) is 0. The second-order valence-corrected chi connectivity index (χ2v) is 1.86. The van der Waals surface area contributed by atoms with Crippen LogP contribution >= 0.6 is 0 Å². The van der Waals surface area contributed by atoms with Crippen LogP contribution in [0.4, 0.5) is 5.82 Å². The molecule has 0 radical (unpaired) electrons. The maximum Gasteiger partial charge on any atom is 0.182 e. The summed E-state index contributed by atoms with van der Waals surface area (Å²) < 4.78 is 0. The first-order valence-corrected chi connectivity index (χ1v) is 2.77. The van der Waals surface area contributed by atoms with Crippen molar-refractivity contribution in [3.63, 3.8) is 0 Å². The van der Waals surface area contributed by atoms with E-state index in [0.29, 0.717) is 17.0 Å². The zero-order valence-corrected chi connectivity index (χ0v) is 6.21. The van der Waals surface area contributed by atoms with Crippen LogP contribution in [0.2, 0.25) is 0 Å². The Kier molecular flexibility index (Phi) is 1.91. The molecule has 0 aliphatic heterocycles. The number of imidazole rings is 1. The van der Waals surface area contributed by atoms with Gasteiger partial charge >= 0.3 is 0 Å². The van der Waals surface area contributed by atoms with Crippen molar-refractivity contribution in [2.24, 2.45) is 0 Å². The summed E-state index contributed by atoms with van der Waals surface area (Å²) in [5, 5.41) is 0. The van der Waals surface area contributed by atoms with Gasteiger partial charge in [0.2, 0.25) is 0 Å². The van der Waals surface area contributed by atoms with Crippen molar-refractivity contribution in [2.45, 2.75) is 0 Å². The van der Waals surface area contributed by atoms with Gasteiger partial charge in [0, 0.05) is 0 Å². The van der Waals surface area contributed by atoms with Crippen LogP contribution in [0.3, 0.4) is 0 Å². The molecule has 58 valence electrons. The van der Waals surface area contributed by atoms with Crippen molar-refractivity contribution < 1.29 is 12.4 Å². The maximum absolute atomic E-state index is 5.48. The Bertz CT molecular complexity index is 356. The number of anilines is 1. The molecule has 2 rings (SSSR count). The van der Waals surface area contributed by atoms with Crippen molar-refractivity contribution in [2.75, 3.05) is 5.73 Å². The smallest absolute Gasteiger partial charge is 0.182 e. The van der Waals surface area contributed by atoms with Gasteiger partial charge in [-0.05, 0) is 0 Å². The molecule has 0 fully saturated rings. The van der Waals surface area contributed by atoms with Crippen molar-refractivity contribution >= 4 is 17.0 Å². The molecule has 0 spiro atoms. The molecule has 2 aromatic rings. The third-order valence-electron chi connectivity index (χ3n) is 1.25. The number of nitrogens with one attached hydrogen (secondary N) is 1. The summed E-state index contributed by atoms with van der Waals surface area (Å²) in [6, 6.07) is 0. The minimum atomic E-state index is 0. The van der Waals surface area contributed by atoms with Crippen LogP contribution in [0.5, 0.6) is 0 Å². The molecule has 0 aliphatic carbocycles. The van der Waals surface area contributed by atoms with Gasteiger partial charge in [-0.3, -0.25) is 0 Å². The molecule has 0 bridgehead atoms. The summed E-state index contributed by atoms with van der Waals surface area (Å²) in [6.45, 7) is 0. The predicted octanol–water partition coefficient (Wildman–Crippen LogP) is -3.06. The molecule has 0 aliphatic rings. The van der Waals surface area contributed by atoms with E-state index in [2.05, 4.69) is 19.9 Å². The fourth-order valence-corrected chi connectivity index (χ4v) is 0.784. The second-order valence-electron chi connectivity index (χ2n) is 1.86. The molecule has 0 atom stereocenters. The number of hydrogen-bond acceptors (Lipinski definition) is 4. The van der Waals surface area contributed by atoms with E-state index >= 15 is 0 Å². The van der Waals surface area contributed by atoms with E-state index in [1.54, 1.807) is 0 Å².